The smallest absolute Gasteiger partial charge is 0.229 e. The molecule has 2 fully saturated rings. The molecule has 24 heavy (non-hydrogen) atoms. The Hall–Kier alpha value is -1.95. The van der Waals surface area contributed by atoms with Gasteiger partial charge in [-0.05, 0) is 36.5 Å². The lowest BCUT2D eigenvalue weighted by molar-refractivity contribution is -0.148. The maximum absolute atomic E-state index is 13.0. The molecule has 130 valence electrons. The third-order valence-corrected chi connectivity index (χ3v) is 5.19. The highest BCUT2D eigenvalue weighted by Gasteiger charge is 2.38. The quantitative estimate of drug-likeness (QED) is 0.913. The molecule has 2 amide bonds. The highest BCUT2D eigenvalue weighted by Crippen LogP contribution is 2.31. The van der Waals surface area contributed by atoms with Gasteiger partial charge >= 0.3 is 0 Å². The van der Waals surface area contributed by atoms with Gasteiger partial charge in [-0.15, -0.1) is 0 Å². The number of carbonyl (C=O) groups excluding carboxylic acids is 2. The van der Waals surface area contributed by atoms with E-state index in [-0.39, 0.29) is 29.5 Å². The number of amides is 2. The average Bonchev–Trinajstić information content (AvgIpc) is 2.53. The molecule has 0 saturated carbocycles. The van der Waals surface area contributed by atoms with Crippen LogP contribution < -0.4 is 0 Å². The number of hydrogen-bond acceptors (Lipinski definition) is 3. The van der Waals surface area contributed by atoms with Gasteiger partial charge in [0.25, 0.3) is 0 Å². The van der Waals surface area contributed by atoms with Crippen molar-refractivity contribution < 1.29 is 19.1 Å². The Kier molecular flexibility index (Phi) is 4.85. The van der Waals surface area contributed by atoms with Crippen LogP contribution in [0.1, 0.15) is 31.4 Å². The summed E-state index contributed by atoms with van der Waals surface area (Å²) in [6.07, 6.45) is 0.834. The topological polar surface area (TPSA) is 60.9 Å². The molecule has 1 atom stereocenters. The van der Waals surface area contributed by atoms with Gasteiger partial charge < -0.3 is 14.9 Å². The number of hydrogen-bond donors (Lipinski definition) is 1. The zero-order valence-electron chi connectivity index (χ0n) is 13.8. The van der Waals surface area contributed by atoms with Crippen molar-refractivity contribution >= 4 is 11.8 Å². The third-order valence-electron chi connectivity index (χ3n) is 5.19. The van der Waals surface area contributed by atoms with Gasteiger partial charge in [0.2, 0.25) is 11.8 Å². The zero-order chi connectivity index (χ0) is 17.3. The molecule has 1 aromatic rings. The molecule has 2 aliphatic rings. The molecular weight excluding hydrogens is 311 g/mol. The van der Waals surface area contributed by atoms with Crippen LogP contribution in [0.3, 0.4) is 0 Å². The Bertz CT molecular complexity index is 605. The van der Waals surface area contributed by atoms with E-state index < -0.39 is 6.10 Å². The van der Waals surface area contributed by atoms with Crippen LogP contribution in [0.2, 0.25) is 0 Å². The number of aliphatic hydroxyl groups is 1. The number of carbonyl (C=O) groups is 2. The van der Waals surface area contributed by atoms with Crippen molar-refractivity contribution in [2.75, 3.05) is 26.2 Å². The van der Waals surface area contributed by atoms with E-state index in [4.69, 9.17) is 0 Å². The van der Waals surface area contributed by atoms with Crippen LogP contribution in [0, 0.1) is 17.7 Å². The van der Waals surface area contributed by atoms with Crippen molar-refractivity contribution in [1.82, 2.24) is 9.80 Å². The summed E-state index contributed by atoms with van der Waals surface area (Å²) in [6, 6.07) is 5.94. The SMILES string of the molecule is CC(=O)N1CC(C(=O)N2CCC(C(O)c3ccc(F)cc3)CC2)C1. The summed E-state index contributed by atoms with van der Waals surface area (Å²) in [5.74, 6) is -0.184. The average molecular weight is 334 g/mol. The number of rotatable bonds is 3. The predicted octanol–water partition coefficient (Wildman–Crippen LogP) is 1.58. The number of aliphatic hydroxyl groups excluding tert-OH is 1. The minimum absolute atomic E-state index is 0.0141. The van der Waals surface area contributed by atoms with E-state index >= 15 is 0 Å². The minimum Gasteiger partial charge on any atom is -0.388 e. The van der Waals surface area contributed by atoms with Crippen molar-refractivity contribution in [2.45, 2.75) is 25.9 Å². The molecule has 2 saturated heterocycles. The molecule has 0 aliphatic carbocycles. The molecule has 2 aliphatic heterocycles. The summed E-state index contributed by atoms with van der Waals surface area (Å²) in [4.78, 5) is 27.1. The Labute approximate surface area is 141 Å². The van der Waals surface area contributed by atoms with Crippen molar-refractivity contribution in [1.29, 1.82) is 0 Å². The Balaban J connectivity index is 1.50. The van der Waals surface area contributed by atoms with Gasteiger partial charge in [-0.25, -0.2) is 4.39 Å². The lowest BCUT2D eigenvalue weighted by Gasteiger charge is -2.42. The number of nitrogens with zero attached hydrogens (tertiary/aromatic N) is 2. The second-order valence-corrected chi connectivity index (χ2v) is 6.78. The maximum atomic E-state index is 13.0. The van der Waals surface area contributed by atoms with Crippen LogP contribution in [0.4, 0.5) is 4.39 Å². The van der Waals surface area contributed by atoms with Crippen LogP contribution in [0.5, 0.6) is 0 Å². The Morgan fingerprint density at radius 1 is 1.12 bits per heavy atom. The van der Waals surface area contributed by atoms with E-state index in [0.717, 1.165) is 18.4 Å². The standard InChI is InChI=1S/C18H23FN2O3/c1-12(22)21-10-15(11-21)18(24)20-8-6-14(7-9-20)17(23)13-2-4-16(19)5-3-13/h2-5,14-15,17,23H,6-11H2,1H3. The van der Waals surface area contributed by atoms with Crippen LogP contribution in [-0.4, -0.2) is 52.9 Å². The van der Waals surface area contributed by atoms with E-state index in [0.29, 0.717) is 26.2 Å². The molecule has 6 heteroatoms. The molecule has 3 rings (SSSR count). The fourth-order valence-electron chi connectivity index (χ4n) is 3.52. The summed E-state index contributed by atoms with van der Waals surface area (Å²) in [7, 11) is 0. The third kappa shape index (κ3) is 3.43. The molecule has 0 bridgehead atoms. The van der Waals surface area contributed by atoms with Crippen LogP contribution >= 0.6 is 0 Å². The minimum atomic E-state index is -0.625. The first-order valence-corrected chi connectivity index (χ1v) is 8.43. The van der Waals surface area contributed by atoms with Crippen molar-refractivity contribution in [3.8, 4) is 0 Å². The first-order valence-electron chi connectivity index (χ1n) is 8.43. The Morgan fingerprint density at radius 3 is 2.25 bits per heavy atom. The zero-order valence-corrected chi connectivity index (χ0v) is 13.8. The lowest BCUT2D eigenvalue weighted by Crippen LogP contribution is -2.56. The van der Waals surface area contributed by atoms with Gasteiger partial charge in [0.15, 0.2) is 0 Å². The number of benzene rings is 1. The van der Waals surface area contributed by atoms with E-state index in [1.165, 1.54) is 19.1 Å². The first-order chi connectivity index (χ1) is 11.5. The lowest BCUT2D eigenvalue weighted by atomic mass is 9.86. The first kappa shape index (κ1) is 16.9. The fraction of sp³-hybridized carbons (Fsp3) is 0.556. The van der Waals surface area contributed by atoms with Gasteiger partial charge in [-0.2, -0.15) is 0 Å². The van der Waals surface area contributed by atoms with E-state index in [1.807, 2.05) is 4.90 Å². The Morgan fingerprint density at radius 2 is 1.71 bits per heavy atom. The van der Waals surface area contributed by atoms with Crippen molar-refractivity contribution in [3.05, 3.63) is 35.6 Å². The molecule has 0 radical (unpaired) electrons. The largest absolute Gasteiger partial charge is 0.388 e. The van der Waals surface area contributed by atoms with Crippen LogP contribution in [0.25, 0.3) is 0 Å². The molecule has 2 heterocycles. The van der Waals surface area contributed by atoms with E-state index in [1.54, 1.807) is 17.0 Å². The molecule has 0 spiro atoms. The van der Waals surface area contributed by atoms with Crippen LogP contribution in [0.15, 0.2) is 24.3 Å². The summed E-state index contributed by atoms with van der Waals surface area (Å²) < 4.78 is 13.0. The summed E-state index contributed by atoms with van der Waals surface area (Å²) >= 11 is 0. The molecule has 0 aromatic heterocycles. The fourth-order valence-corrected chi connectivity index (χ4v) is 3.52. The monoisotopic (exact) mass is 334 g/mol. The molecule has 1 N–H and O–H groups in total. The van der Waals surface area contributed by atoms with Gasteiger partial charge in [-0.3, -0.25) is 9.59 Å². The van der Waals surface area contributed by atoms with Gasteiger partial charge in [0.1, 0.15) is 5.82 Å². The number of piperidine rings is 1. The van der Waals surface area contributed by atoms with E-state index in [2.05, 4.69) is 0 Å². The van der Waals surface area contributed by atoms with Crippen molar-refractivity contribution in [2.24, 2.45) is 11.8 Å². The molecule has 5 nitrogen and oxygen atoms in total. The normalized spacial score (nSPS) is 20.6. The molecular formula is C18H23FN2O3. The van der Waals surface area contributed by atoms with Gasteiger partial charge in [0, 0.05) is 33.1 Å². The van der Waals surface area contributed by atoms with Crippen LogP contribution in [-0.2, 0) is 9.59 Å². The maximum Gasteiger partial charge on any atom is 0.229 e. The molecule has 1 aromatic carbocycles. The highest BCUT2D eigenvalue weighted by molar-refractivity contribution is 5.83. The second-order valence-electron chi connectivity index (χ2n) is 6.78. The summed E-state index contributed by atoms with van der Waals surface area (Å²) in [6.45, 7) is 3.80. The van der Waals surface area contributed by atoms with Crippen molar-refractivity contribution in [3.63, 3.8) is 0 Å². The molecule has 1 unspecified atom stereocenters. The predicted molar refractivity (Wildman–Crippen MR) is 86.4 cm³/mol. The van der Waals surface area contributed by atoms with Gasteiger partial charge in [0.05, 0.1) is 12.0 Å². The summed E-state index contributed by atoms with van der Waals surface area (Å²) in [5.41, 5.74) is 0.720. The van der Waals surface area contributed by atoms with Gasteiger partial charge in [-0.1, -0.05) is 12.1 Å². The second kappa shape index (κ2) is 6.89. The number of likely N-dealkylation sites (tertiary alicyclic amines) is 2. The summed E-state index contributed by atoms with van der Waals surface area (Å²) in [5, 5.41) is 10.5. The highest BCUT2D eigenvalue weighted by atomic mass is 19.1. The number of halogens is 1. The van der Waals surface area contributed by atoms with E-state index in [9.17, 15) is 19.1 Å².